The summed E-state index contributed by atoms with van der Waals surface area (Å²) in [5, 5.41) is 0. The van der Waals surface area contributed by atoms with E-state index in [1.54, 1.807) is 18.2 Å². The van der Waals surface area contributed by atoms with E-state index in [0.29, 0.717) is 17.4 Å². The summed E-state index contributed by atoms with van der Waals surface area (Å²) in [4.78, 5) is 21.4. The van der Waals surface area contributed by atoms with Crippen molar-refractivity contribution < 1.29 is 9.59 Å². The third kappa shape index (κ3) is 1.77. The molecular weight excluding hydrogens is 154 g/mol. The Balaban J connectivity index is 3.01. The molecule has 0 spiro atoms. The van der Waals surface area contributed by atoms with Crippen LogP contribution in [-0.4, -0.2) is 18.6 Å². The highest BCUT2D eigenvalue weighted by atomic mass is 16.1. The minimum atomic E-state index is -0.154. The zero-order valence-electron chi connectivity index (χ0n) is 6.49. The SMILES string of the molecule is NCC(=O)c1cccc(C=O)c1. The van der Waals surface area contributed by atoms with Gasteiger partial charge >= 0.3 is 0 Å². The van der Waals surface area contributed by atoms with Gasteiger partial charge in [-0.2, -0.15) is 0 Å². The average molecular weight is 163 g/mol. The molecule has 0 amide bonds. The summed E-state index contributed by atoms with van der Waals surface area (Å²) in [7, 11) is 0. The van der Waals surface area contributed by atoms with Gasteiger partial charge in [-0.25, -0.2) is 0 Å². The maximum atomic E-state index is 11.0. The Morgan fingerprint density at radius 1 is 1.50 bits per heavy atom. The zero-order valence-corrected chi connectivity index (χ0v) is 6.49. The number of aldehydes is 1. The van der Waals surface area contributed by atoms with Crippen molar-refractivity contribution in [2.45, 2.75) is 0 Å². The molecule has 0 aliphatic heterocycles. The fourth-order valence-corrected chi connectivity index (χ4v) is 0.903. The van der Waals surface area contributed by atoms with Crippen LogP contribution >= 0.6 is 0 Å². The van der Waals surface area contributed by atoms with Crippen molar-refractivity contribution in [2.75, 3.05) is 6.54 Å². The average Bonchev–Trinajstić information content (AvgIpc) is 2.17. The van der Waals surface area contributed by atoms with Crippen LogP contribution in [0.1, 0.15) is 20.7 Å². The molecule has 0 radical (unpaired) electrons. The van der Waals surface area contributed by atoms with Crippen molar-refractivity contribution in [3.05, 3.63) is 35.4 Å². The molecule has 3 heteroatoms. The first-order chi connectivity index (χ1) is 5.77. The third-order valence-corrected chi connectivity index (χ3v) is 1.53. The van der Waals surface area contributed by atoms with Crippen LogP contribution in [0.2, 0.25) is 0 Å². The molecular formula is C9H9NO2. The van der Waals surface area contributed by atoms with E-state index in [4.69, 9.17) is 5.73 Å². The lowest BCUT2D eigenvalue weighted by atomic mass is 10.1. The molecule has 0 saturated heterocycles. The molecule has 3 nitrogen and oxygen atoms in total. The molecule has 0 aliphatic rings. The van der Waals surface area contributed by atoms with Crippen LogP contribution in [0, 0.1) is 0 Å². The molecule has 0 aliphatic carbocycles. The molecule has 1 aromatic rings. The van der Waals surface area contributed by atoms with Crippen LogP contribution in [-0.2, 0) is 0 Å². The molecule has 0 heterocycles. The first-order valence-electron chi connectivity index (χ1n) is 3.56. The van der Waals surface area contributed by atoms with Crippen molar-refractivity contribution in [3.8, 4) is 0 Å². The molecule has 12 heavy (non-hydrogen) atoms. The number of rotatable bonds is 3. The maximum Gasteiger partial charge on any atom is 0.176 e. The number of benzene rings is 1. The minimum absolute atomic E-state index is 0.0255. The molecule has 0 unspecified atom stereocenters. The van der Waals surface area contributed by atoms with Crippen LogP contribution < -0.4 is 5.73 Å². The number of ketones is 1. The fraction of sp³-hybridized carbons (Fsp3) is 0.111. The monoisotopic (exact) mass is 163 g/mol. The van der Waals surface area contributed by atoms with Gasteiger partial charge in [-0.15, -0.1) is 0 Å². The van der Waals surface area contributed by atoms with E-state index >= 15 is 0 Å². The quantitative estimate of drug-likeness (QED) is 0.525. The van der Waals surface area contributed by atoms with Gasteiger partial charge in [-0.1, -0.05) is 18.2 Å². The van der Waals surface area contributed by atoms with E-state index in [-0.39, 0.29) is 12.3 Å². The summed E-state index contributed by atoms with van der Waals surface area (Å²) in [5.41, 5.74) is 6.14. The molecule has 0 bridgehead atoms. The predicted octanol–water partition coefficient (Wildman–Crippen LogP) is 0.640. The van der Waals surface area contributed by atoms with Crippen LogP contribution in [0.5, 0.6) is 0 Å². The van der Waals surface area contributed by atoms with Gasteiger partial charge in [0, 0.05) is 11.1 Å². The number of nitrogens with two attached hydrogens (primary N) is 1. The van der Waals surface area contributed by atoms with Gasteiger partial charge in [-0.3, -0.25) is 9.59 Å². The predicted molar refractivity (Wildman–Crippen MR) is 45.2 cm³/mol. The molecule has 0 atom stereocenters. The highest BCUT2D eigenvalue weighted by molar-refractivity contribution is 5.98. The smallest absolute Gasteiger partial charge is 0.176 e. The Bertz CT molecular complexity index is 307. The third-order valence-electron chi connectivity index (χ3n) is 1.53. The Morgan fingerprint density at radius 2 is 2.25 bits per heavy atom. The summed E-state index contributed by atoms with van der Waals surface area (Å²) in [6, 6.07) is 6.47. The van der Waals surface area contributed by atoms with Gasteiger partial charge in [0.05, 0.1) is 6.54 Å². The van der Waals surface area contributed by atoms with E-state index in [1.165, 1.54) is 6.07 Å². The lowest BCUT2D eigenvalue weighted by Crippen LogP contribution is -2.13. The number of hydrogen-bond donors (Lipinski definition) is 1. The van der Waals surface area contributed by atoms with Crippen molar-refractivity contribution in [2.24, 2.45) is 5.73 Å². The van der Waals surface area contributed by atoms with Crippen LogP contribution in [0.15, 0.2) is 24.3 Å². The van der Waals surface area contributed by atoms with E-state index in [1.807, 2.05) is 0 Å². The van der Waals surface area contributed by atoms with Gasteiger partial charge in [0.15, 0.2) is 5.78 Å². The first kappa shape index (κ1) is 8.62. The second-order valence-corrected chi connectivity index (χ2v) is 2.37. The van der Waals surface area contributed by atoms with E-state index in [9.17, 15) is 9.59 Å². The Hall–Kier alpha value is -1.48. The Kier molecular flexibility index (Phi) is 2.71. The van der Waals surface area contributed by atoms with E-state index in [0.717, 1.165) is 0 Å². The summed E-state index contributed by atoms with van der Waals surface area (Å²) in [6.07, 6.45) is 0.702. The summed E-state index contributed by atoms with van der Waals surface area (Å²) < 4.78 is 0. The first-order valence-corrected chi connectivity index (χ1v) is 3.56. The van der Waals surface area contributed by atoms with Crippen molar-refractivity contribution in [1.29, 1.82) is 0 Å². The molecule has 0 saturated carbocycles. The topological polar surface area (TPSA) is 60.2 Å². The molecule has 0 fully saturated rings. The summed E-state index contributed by atoms with van der Waals surface area (Å²) in [6.45, 7) is -0.0255. The van der Waals surface area contributed by atoms with Crippen LogP contribution in [0.25, 0.3) is 0 Å². The second kappa shape index (κ2) is 3.78. The van der Waals surface area contributed by atoms with E-state index < -0.39 is 0 Å². The summed E-state index contributed by atoms with van der Waals surface area (Å²) in [5.74, 6) is -0.154. The number of hydrogen-bond acceptors (Lipinski definition) is 3. The zero-order chi connectivity index (χ0) is 8.97. The van der Waals surface area contributed by atoms with Crippen molar-refractivity contribution >= 4 is 12.1 Å². The van der Waals surface area contributed by atoms with Gasteiger partial charge in [-0.05, 0) is 6.07 Å². The number of carbonyl (C=O) groups is 2. The van der Waals surface area contributed by atoms with Crippen molar-refractivity contribution in [1.82, 2.24) is 0 Å². The van der Waals surface area contributed by atoms with Gasteiger partial charge in [0.25, 0.3) is 0 Å². The Labute approximate surface area is 70.2 Å². The highest BCUT2D eigenvalue weighted by Gasteiger charge is 2.02. The number of carbonyl (C=O) groups excluding carboxylic acids is 2. The lowest BCUT2D eigenvalue weighted by Gasteiger charge is -1.97. The van der Waals surface area contributed by atoms with Gasteiger partial charge < -0.3 is 5.73 Å². The van der Waals surface area contributed by atoms with Gasteiger partial charge in [0.2, 0.25) is 0 Å². The Morgan fingerprint density at radius 3 is 2.83 bits per heavy atom. The molecule has 1 aromatic carbocycles. The van der Waals surface area contributed by atoms with E-state index in [2.05, 4.69) is 0 Å². The van der Waals surface area contributed by atoms with Crippen molar-refractivity contribution in [3.63, 3.8) is 0 Å². The normalized spacial score (nSPS) is 9.42. The highest BCUT2D eigenvalue weighted by Crippen LogP contribution is 2.03. The largest absolute Gasteiger partial charge is 0.324 e. The number of Topliss-reactive ketones (excluding diaryl/α,β-unsaturated/α-hetero) is 1. The minimum Gasteiger partial charge on any atom is -0.324 e. The fourth-order valence-electron chi connectivity index (χ4n) is 0.903. The summed E-state index contributed by atoms with van der Waals surface area (Å²) >= 11 is 0. The molecule has 62 valence electrons. The van der Waals surface area contributed by atoms with Gasteiger partial charge in [0.1, 0.15) is 6.29 Å². The molecule has 2 N–H and O–H groups in total. The standard InChI is InChI=1S/C9H9NO2/c10-5-9(12)8-3-1-2-7(4-8)6-11/h1-4,6H,5,10H2. The molecule has 0 aromatic heterocycles. The lowest BCUT2D eigenvalue weighted by molar-refractivity contribution is 0.100. The maximum absolute atomic E-state index is 11.0. The van der Waals surface area contributed by atoms with Crippen LogP contribution in [0.3, 0.4) is 0 Å². The second-order valence-electron chi connectivity index (χ2n) is 2.37. The van der Waals surface area contributed by atoms with Crippen LogP contribution in [0.4, 0.5) is 0 Å². The molecule has 1 rings (SSSR count).